The maximum Gasteiger partial charge on any atom is 0.490 e. The lowest BCUT2D eigenvalue weighted by molar-refractivity contribution is -0.0580. The Morgan fingerprint density at radius 1 is 0.667 bits per heavy atom. The molecule has 2 heterocycles. The monoisotopic (exact) mass is 888 g/mol. The molecular formula is C32H75N8O14P3. The fraction of sp³-hybridized carbons (Fsp3) is 0.906. The molecule has 1 fully saturated rings. The lowest BCUT2D eigenvalue weighted by atomic mass is 10.1. The molecule has 0 bridgehead atoms. The molecule has 57 heavy (non-hydrogen) atoms. The van der Waals surface area contributed by atoms with Gasteiger partial charge in [0, 0.05) is 0 Å². The highest BCUT2D eigenvalue weighted by molar-refractivity contribution is 7.66. The first-order valence-electron chi connectivity index (χ1n) is 19.4. The molecule has 2 rings (SSSR count). The Hall–Kier alpha value is -1.26. The number of ether oxygens (including phenoxy) is 1. The first kappa shape index (κ1) is 60.0. The van der Waals surface area contributed by atoms with Gasteiger partial charge in [-0.05, 0) is 78.5 Å². The van der Waals surface area contributed by atoms with Crippen LogP contribution in [0.4, 0.5) is 0 Å². The second-order valence-electron chi connectivity index (χ2n) is 11.8. The summed E-state index contributed by atoms with van der Waals surface area (Å²) in [5, 5.41) is 23.5. The van der Waals surface area contributed by atoms with Gasteiger partial charge in [-0.2, -0.15) is 8.62 Å². The molecule has 0 aliphatic carbocycles. The van der Waals surface area contributed by atoms with Crippen LogP contribution in [0.15, 0.2) is 6.33 Å². The van der Waals surface area contributed by atoms with Gasteiger partial charge in [0.05, 0.1) is 6.61 Å². The largest absolute Gasteiger partial charge is 0.490 e. The number of rotatable bonds is 21. The average Bonchev–Trinajstić information content (AvgIpc) is 3.75. The molecule has 22 nitrogen and oxygen atoms in total. The van der Waals surface area contributed by atoms with Gasteiger partial charge < -0.3 is 59.9 Å². The minimum absolute atomic E-state index is 0.424. The number of phosphoric acid groups is 3. The molecule has 1 aromatic heterocycles. The van der Waals surface area contributed by atoms with Crippen LogP contribution in [0, 0.1) is 0 Å². The number of hydrogen-bond acceptors (Lipinski definition) is 16. The zero-order valence-electron chi connectivity index (χ0n) is 36.1. The highest BCUT2D eigenvalue weighted by atomic mass is 31.3. The van der Waals surface area contributed by atoms with Crippen LogP contribution < -0.4 is 5.73 Å². The number of nitrogens with zero attached hydrogens (tertiary/aromatic N) is 7. The van der Waals surface area contributed by atoms with Crippen LogP contribution >= 0.6 is 23.5 Å². The standard InChI is InChI=1S/C8H15N4O14P3.4C6H15N/c9-6(15)7-10-2-12(11-7)8-5(14)4(13)3(24-8)1-23-28(19,20)26-29(21,22)25-27(16,17)18;4*1-4-7(5-2)6-3/h2-5,8,13-14H,1H2,(H2,9,15)(H,19,20)(H,21,22)(H2,16,17,18);4*4-6H2,1-3H3/t3-,4-,5-,8-;;;;/m1..../s1. The zero-order valence-corrected chi connectivity index (χ0v) is 38.8. The van der Waals surface area contributed by atoms with Gasteiger partial charge in [-0.3, -0.25) is 9.32 Å². The van der Waals surface area contributed by atoms with Gasteiger partial charge in [0.25, 0.3) is 5.91 Å². The Labute approximate surface area is 340 Å². The highest BCUT2D eigenvalue weighted by Crippen LogP contribution is 2.66. The summed E-state index contributed by atoms with van der Waals surface area (Å²) in [6.45, 7) is 39.5. The van der Waals surface area contributed by atoms with E-state index in [0.717, 1.165) is 11.0 Å². The summed E-state index contributed by atoms with van der Waals surface area (Å²) in [7, 11) is -16.7. The van der Waals surface area contributed by atoms with Gasteiger partial charge in [-0.15, -0.1) is 5.10 Å². The molecule has 0 saturated carbocycles. The fourth-order valence-corrected chi connectivity index (χ4v) is 7.78. The molecule has 1 aromatic rings. The Morgan fingerprint density at radius 2 is 1.02 bits per heavy atom. The molecule has 8 N–H and O–H groups in total. The van der Waals surface area contributed by atoms with E-state index >= 15 is 0 Å². The maximum atomic E-state index is 11.7. The lowest BCUT2D eigenvalue weighted by Crippen LogP contribution is -2.33. The van der Waals surface area contributed by atoms with Gasteiger partial charge in [0.1, 0.15) is 24.6 Å². The van der Waals surface area contributed by atoms with Crippen molar-refractivity contribution in [2.45, 2.75) is 108 Å². The van der Waals surface area contributed by atoms with Crippen molar-refractivity contribution in [1.82, 2.24) is 34.4 Å². The molecule has 6 atom stereocenters. The van der Waals surface area contributed by atoms with E-state index in [2.05, 4.69) is 126 Å². The first-order valence-corrected chi connectivity index (χ1v) is 23.9. The molecular weight excluding hydrogens is 813 g/mol. The second-order valence-corrected chi connectivity index (χ2v) is 16.2. The Kier molecular flexibility index (Phi) is 34.2. The third kappa shape index (κ3) is 28.0. The molecule has 1 saturated heterocycles. The summed E-state index contributed by atoms with van der Waals surface area (Å²) >= 11 is 0. The number of phosphoric ester groups is 1. The average molecular weight is 889 g/mol. The van der Waals surface area contributed by atoms with E-state index in [0.29, 0.717) is 0 Å². The number of aliphatic hydroxyl groups is 2. The van der Waals surface area contributed by atoms with Crippen molar-refractivity contribution >= 4 is 29.4 Å². The third-order valence-corrected chi connectivity index (χ3v) is 12.3. The number of carbonyl (C=O) groups is 1. The Balaban J connectivity index is -0.000000838. The molecule has 342 valence electrons. The smallest absolute Gasteiger partial charge is 0.387 e. The first-order chi connectivity index (χ1) is 26.5. The van der Waals surface area contributed by atoms with E-state index in [9.17, 15) is 33.6 Å². The van der Waals surface area contributed by atoms with Crippen molar-refractivity contribution in [3.63, 3.8) is 0 Å². The Morgan fingerprint density at radius 3 is 1.28 bits per heavy atom. The minimum Gasteiger partial charge on any atom is -0.387 e. The normalized spacial score (nSPS) is 20.0. The number of primary amides is 1. The van der Waals surface area contributed by atoms with Crippen molar-refractivity contribution in [2.24, 2.45) is 5.73 Å². The molecule has 1 aliphatic rings. The van der Waals surface area contributed by atoms with Crippen molar-refractivity contribution in [2.75, 3.05) is 85.1 Å². The second kappa shape index (κ2) is 32.5. The van der Waals surface area contributed by atoms with E-state index in [4.69, 9.17) is 25.2 Å². The van der Waals surface area contributed by atoms with Crippen LogP contribution in [0.5, 0.6) is 0 Å². The van der Waals surface area contributed by atoms with Crippen molar-refractivity contribution < 1.29 is 66.2 Å². The van der Waals surface area contributed by atoms with E-state index in [1.54, 1.807) is 0 Å². The van der Waals surface area contributed by atoms with Gasteiger partial charge >= 0.3 is 23.5 Å². The SMILES string of the molecule is CCN(CC)CC.CCN(CC)CC.CCN(CC)CC.CCN(CC)CC.NC(=O)c1ncn([C@@H]2O[C@H](COP(=O)(O)OP(=O)(O)OP(=O)(O)O)[C@@H](O)[C@H]2O)n1. The molecule has 1 amide bonds. The van der Waals surface area contributed by atoms with E-state index in [-0.39, 0.29) is 0 Å². The zero-order chi connectivity index (χ0) is 45.0. The number of hydrogen-bond donors (Lipinski definition) is 7. The Bertz CT molecular complexity index is 1230. The summed E-state index contributed by atoms with van der Waals surface area (Å²) in [6, 6.07) is 0. The number of carbonyl (C=O) groups excluding carboxylic acids is 1. The van der Waals surface area contributed by atoms with Gasteiger partial charge in [0.15, 0.2) is 6.23 Å². The maximum absolute atomic E-state index is 11.7. The number of amides is 1. The molecule has 2 unspecified atom stereocenters. The van der Waals surface area contributed by atoms with Crippen molar-refractivity contribution in [1.29, 1.82) is 0 Å². The third-order valence-electron chi connectivity index (χ3n) is 8.51. The summed E-state index contributed by atoms with van der Waals surface area (Å²) < 4.78 is 50.8. The van der Waals surface area contributed by atoms with Crippen LogP contribution in [-0.2, 0) is 31.6 Å². The van der Waals surface area contributed by atoms with E-state index < -0.39 is 66.3 Å². The predicted molar refractivity (Wildman–Crippen MR) is 218 cm³/mol. The van der Waals surface area contributed by atoms with E-state index in [1.165, 1.54) is 78.5 Å². The van der Waals surface area contributed by atoms with Gasteiger partial charge in [0.2, 0.25) is 5.82 Å². The van der Waals surface area contributed by atoms with Crippen molar-refractivity contribution in [3.05, 3.63) is 12.2 Å². The number of aromatic nitrogens is 3. The van der Waals surface area contributed by atoms with Crippen LogP contribution in [0.25, 0.3) is 0 Å². The molecule has 0 radical (unpaired) electrons. The molecule has 0 spiro atoms. The van der Waals surface area contributed by atoms with Gasteiger partial charge in [-0.1, -0.05) is 83.1 Å². The molecule has 1 aliphatic heterocycles. The lowest BCUT2D eigenvalue weighted by Gasteiger charge is -2.19. The van der Waals surface area contributed by atoms with E-state index in [1.807, 2.05) is 0 Å². The van der Waals surface area contributed by atoms with Crippen molar-refractivity contribution in [3.8, 4) is 0 Å². The quantitative estimate of drug-likeness (QED) is 0.0873. The summed E-state index contributed by atoms with van der Waals surface area (Å²) in [4.78, 5) is 59.3. The molecule has 0 aromatic carbocycles. The van der Waals surface area contributed by atoms with Crippen LogP contribution in [0.2, 0.25) is 0 Å². The molecule has 25 heteroatoms. The van der Waals surface area contributed by atoms with Crippen LogP contribution in [0.3, 0.4) is 0 Å². The van der Waals surface area contributed by atoms with Crippen LogP contribution in [-0.4, -0.2) is 174 Å². The topological polar surface area (TPSA) is 296 Å². The number of nitrogens with two attached hydrogens (primary N) is 1. The van der Waals surface area contributed by atoms with Crippen LogP contribution in [0.1, 0.15) is 99.9 Å². The van der Waals surface area contributed by atoms with Gasteiger partial charge in [-0.25, -0.2) is 23.4 Å². The highest BCUT2D eigenvalue weighted by Gasteiger charge is 2.47. The number of aliphatic hydroxyl groups excluding tert-OH is 2. The predicted octanol–water partition coefficient (Wildman–Crippen LogP) is 2.73. The minimum atomic E-state index is -5.71. The summed E-state index contributed by atoms with van der Waals surface area (Å²) in [5.41, 5.74) is 4.97. The summed E-state index contributed by atoms with van der Waals surface area (Å²) in [5.74, 6) is -1.41. The fourth-order valence-electron chi connectivity index (χ4n) is 4.75. The summed E-state index contributed by atoms with van der Waals surface area (Å²) in [6.07, 6.45) is -5.38.